The lowest BCUT2D eigenvalue weighted by Gasteiger charge is -2.04. The minimum Gasteiger partial charge on any atom is -0.460 e. The van der Waals surface area contributed by atoms with E-state index >= 15 is 0 Å². The summed E-state index contributed by atoms with van der Waals surface area (Å²) in [6.45, 7) is 4.65. The number of hydrogen-bond donors (Lipinski definition) is 0. The normalized spacial score (nSPS) is 11.5. The van der Waals surface area contributed by atoms with Crippen LogP contribution >= 0.6 is 0 Å². The van der Waals surface area contributed by atoms with E-state index in [1.807, 2.05) is 18.2 Å². The van der Waals surface area contributed by atoms with Crippen molar-refractivity contribution >= 4 is 28.9 Å². The largest absolute Gasteiger partial charge is 0.460 e. The van der Waals surface area contributed by atoms with Gasteiger partial charge >= 0.3 is 17.6 Å². The first kappa shape index (κ1) is 19.1. The van der Waals surface area contributed by atoms with Gasteiger partial charge in [-0.25, -0.2) is 14.3 Å². The number of hydrogen-bond acceptors (Lipinski definition) is 7. The van der Waals surface area contributed by atoms with Crippen LogP contribution in [0.5, 0.6) is 0 Å². The lowest BCUT2D eigenvalue weighted by Crippen LogP contribution is -2.10. The maximum Gasteiger partial charge on any atom is 0.374 e. The summed E-state index contributed by atoms with van der Waals surface area (Å²) in [5.74, 6) is -1.18. The molecule has 3 rings (SSSR count). The smallest absolute Gasteiger partial charge is 0.374 e. The lowest BCUT2D eigenvalue weighted by molar-refractivity contribution is -0.136. The third-order valence-corrected chi connectivity index (χ3v) is 3.74. The molecule has 0 N–H and O–H groups in total. The van der Waals surface area contributed by atoms with Gasteiger partial charge < -0.3 is 13.9 Å². The number of ether oxygens (including phenoxy) is 2. The molecule has 0 saturated carbocycles. The quantitative estimate of drug-likeness (QED) is 0.494. The van der Waals surface area contributed by atoms with Crippen molar-refractivity contribution in [3.63, 3.8) is 0 Å². The second-order valence-corrected chi connectivity index (χ2v) is 5.86. The molecule has 0 fully saturated rings. The number of nitrogens with zero attached hydrogens (tertiary/aromatic N) is 2. The Labute approximate surface area is 160 Å². The average molecular weight is 382 g/mol. The number of esters is 2. The standard InChI is InChI=1S/C20H18N2O6/c1-4-26-19(24)17-11-16-18(20(25)28-17)15(10-12(2)27-13(3)23)21-22(16)14-8-6-5-7-9-14/h5-11H,4H2,1-3H3/b12-10-. The van der Waals surface area contributed by atoms with Crippen LogP contribution in [0.4, 0.5) is 0 Å². The van der Waals surface area contributed by atoms with Crippen LogP contribution in [0.15, 0.2) is 51.4 Å². The van der Waals surface area contributed by atoms with Crippen LogP contribution in [0.3, 0.4) is 0 Å². The monoisotopic (exact) mass is 382 g/mol. The molecule has 0 aliphatic carbocycles. The number of carbonyl (C=O) groups excluding carboxylic acids is 2. The highest BCUT2D eigenvalue weighted by atomic mass is 16.5. The van der Waals surface area contributed by atoms with Crippen molar-refractivity contribution in [3.8, 4) is 5.69 Å². The van der Waals surface area contributed by atoms with Crippen molar-refractivity contribution in [1.82, 2.24) is 9.78 Å². The summed E-state index contributed by atoms with van der Waals surface area (Å²) in [4.78, 5) is 35.8. The average Bonchev–Trinajstić information content (AvgIpc) is 3.00. The van der Waals surface area contributed by atoms with Crippen LogP contribution in [0.2, 0.25) is 0 Å². The fraction of sp³-hybridized carbons (Fsp3) is 0.200. The molecule has 0 spiro atoms. The van der Waals surface area contributed by atoms with Crippen LogP contribution in [0.1, 0.15) is 37.0 Å². The zero-order chi connectivity index (χ0) is 20.3. The topological polar surface area (TPSA) is 101 Å². The number of carbonyl (C=O) groups is 2. The lowest BCUT2D eigenvalue weighted by atomic mass is 10.2. The number of benzene rings is 1. The first-order valence-electron chi connectivity index (χ1n) is 8.56. The van der Waals surface area contributed by atoms with E-state index in [2.05, 4.69) is 5.10 Å². The Balaban J connectivity index is 2.27. The highest BCUT2D eigenvalue weighted by Crippen LogP contribution is 2.23. The molecule has 144 valence electrons. The van der Waals surface area contributed by atoms with Gasteiger partial charge in [0, 0.05) is 19.1 Å². The molecule has 0 bridgehead atoms. The van der Waals surface area contributed by atoms with E-state index in [9.17, 15) is 14.4 Å². The number of allylic oxidation sites excluding steroid dienone is 1. The molecule has 0 radical (unpaired) electrons. The summed E-state index contributed by atoms with van der Waals surface area (Å²) in [7, 11) is 0. The molecule has 1 aromatic carbocycles. The van der Waals surface area contributed by atoms with Gasteiger partial charge in [0.25, 0.3) is 0 Å². The van der Waals surface area contributed by atoms with E-state index in [4.69, 9.17) is 13.9 Å². The summed E-state index contributed by atoms with van der Waals surface area (Å²) in [6, 6.07) is 10.5. The first-order valence-corrected chi connectivity index (χ1v) is 8.56. The molecule has 0 aliphatic rings. The van der Waals surface area contributed by atoms with Crippen LogP contribution < -0.4 is 5.63 Å². The molecular weight excluding hydrogens is 364 g/mol. The van der Waals surface area contributed by atoms with Gasteiger partial charge in [0.05, 0.1) is 17.8 Å². The fourth-order valence-corrected chi connectivity index (χ4v) is 2.71. The number of aromatic nitrogens is 2. The van der Waals surface area contributed by atoms with E-state index in [1.165, 1.54) is 23.7 Å². The summed E-state index contributed by atoms with van der Waals surface area (Å²) >= 11 is 0. The molecule has 8 nitrogen and oxygen atoms in total. The molecule has 2 aromatic heterocycles. The summed E-state index contributed by atoms with van der Waals surface area (Å²) in [5, 5.41) is 4.61. The van der Waals surface area contributed by atoms with Gasteiger partial charge in [-0.2, -0.15) is 5.10 Å². The molecule has 0 unspecified atom stereocenters. The fourth-order valence-electron chi connectivity index (χ4n) is 2.71. The van der Waals surface area contributed by atoms with Crippen LogP contribution in [0, 0.1) is 0 Å². The van der Waals surface area contributed by atoms with Crippen molar-refractivity contribution < 1.29 is 23.5 Å². The molecule has 28 heavy (non-hydrogen) atoms. The van der Waals surface area contributed by atoms with Crippen LogP contribution in [-0.2, 0) is 14.3 Å². The van der Waals surface area contributed by atoms with Crippen LogP contribution in [0.25, 0.3) is 22.7 Å². The highest BCUT2D eigenvalue weighted by Gasteiger charge is 2.20. The van der Waals surface area contributed by atoms with Gasteiger partial charge in [-0.05, 0) is 26.0 Å². The van der Waals surface area contributed by atoms with Gasteiger partial charge in [-0.1, -0.05) is 18.2 Å². The van der Waals surface area contributed by atoms with Gasteiger partial charge in [-0.3, -0.25) is 4.79 Å². The zero-order valence-corrected chi connectivity index (χ0v) is 15.6. The molecular formula is C20H18N2O6. The van der Waals surface area contributed by atoms with E-state index in [-0.39, 0.29) is 29.2 Å². The molecule has 2 heterocycles. The molecule has 0 aliphatic heterocycles. The predicted molar refractivity (Wildman–Crippen MR) is 101 cm³/mol. The van der Waals surface area contributed by atoms with Crippen LogP contribution in [-0.4, -0.2) is 28.3 Å². The molecule has 0 amide bonds. The van der Waals surface area contributed by atoms with E-state index in [0.29, 0.717) is 11.2 Å². The summed E-state index contributed by atoms with van der Waals surface area (Å²) < 4.78 is 16.6. The van der Waals surface area contributed by atoms with Crippen molar-refractivity contribution in [3.05, 3.63) is 64.0 Å². The molecule has 0 atom stereocenters. The number of para-hydroxylation sites is 1. The van der Waals surface area contributed by atoms with Gasteiger partial charge in [0.15, 0.2) is 0 Å². The number of rotatable bonds is 5. The highest BCUT2D eigenvalue weighted by molar-refractivity contribution is 5.93. The Hall–Kier alpha value is -3.68. The second kappa shape index (κ2) is 7.91. The van der Waals surface area contributed by atoms with Gasteiger partial charge in [0.2, 0.25) is 5.76 Å². The summed E-state index contributed by atoms with van der Waals surface area (Å²) in [6.07, 6.45) is 1.46. The Morgan fingerprint density at radius 3 is 2.57 bits per heavy atom. The van der Waals surface area contributed by atoms with Crippen molar-refractivity contribution in [2.45, 2.75) is 20.8 Å². The Kier molecular flexibility index (Phi) is 5.39. The Bertz CT molecular complexity index is 1120. The SMILES string of the molecule is CCOC(=O)c1cc2c(c(/C=C(/C)OC(C)=O)nn2-c2ccccc2)c(=O)o1. The maximum absolute atomic E-state index is 12.6. The third-order valence-electron chi connectivity index (χ3n) is 3.74. The van der Waals surface area contributed by atoms with Gasteiger partial charge in [0.1, 0.15) is 16.8 Å². The second-order valence-electron chi connectivity index (χ2n) is 5.86. The van der Waals surface area contributed by atoms with E-state index < -0.39 is 17.6 Å². The third kappa shape index (κ3) is 3.85. The minimum absolute atomic E-state index is 0.147. The van der Waals surface area contributed by atoms with Gasteiger partial charge in [-0.15, -0.1) is 0 Å². The zero-order valence-electron chi connectivity index (χ0n) is 15.6. The molecule has 8 heteroatoms. The Morgan fingerprint density at radius 2 is 1.93 bits per heavy atom. The number of fused-ring (bicyclic) bond motifs is 1. The predicted octanol–water partition coefficient (Wildman–Crippen LogP) is 3.08. The first-order chi connectivity index (χ1) is 13.4. The molecule has 3 aromatic rings. The van der Waals surface area contributed by atoms with E-state index in [0.717, 1.165) is 0 Å². The molecule has 0 saturated heterocycles. The Morgan fingerprint density at radius 1 is 1.21 bits per heavy atom. The summed E-state index contributed by atoms with van der Waals surface area (Å²) in [5.41, 5.74) is 0.552. The van der Waals surface area contributed by atoms with E-state index in [1.54, 1.807) is 26.0 Å². The van der Waals surface area contributed by atoms with Crippen molar-refractivity contribution in [2.24, 2.45) is 0 Å². The minimum atomic E-state index is -0.746. The van der Waals surface area contributed by atoms with Crippen molar-refractivity contribution in [1.29, 1.82) is 0 Å². The van der Waals surface area contributed by atoms with Crippen molar-refractivity contribution in [2.75, 3.05) is 6.61 Å². The maximum atomic E-state index is 12.6.